The number of Topliss-reactive ketones (excluding diaryl/α,β-unsaturated/α-hetero) is 1. The van der Waals surface area contributed by atoms with Gasteiger partial charge >= 0.3 is 0 Å². The first-order valence-electron chi connectivity index (χ1n) is 4.18. The normalized spacial score (nSPS) is 13.2. The number of benzene rings is 1. The Bertz CT molecular complexity index is 494. The van der Waals surface area contributed by atoms with E-state index in [0.29, 0.717) is 11.3 Å². The largest absolute Gasteiger partial charge is 0.293 e. The highest BCUT2D eigenvalue weighted by atomic mass is 16.1. The van der Waals surface area contributed by atoms with Gasteiger partial charge in [0.25, 0.3) is 0 Å². The quantitative estimate of drug-likeness (QED) is 0.623. The fourth-order valence-electron chi connectivity index (χ4n) is 1.44. The topological polar surface area (TPSA) is 46.5 Å². The summed E-state index contributed by atoms with van der Waals surface area (Å²) in [5.74, 6) is 1.56. The molecule has 0 spiro atoms. The lowest BCUT2D eigenvalue weighted by Gasteiger charge is -1.94. The number of nitrogens with zero attached hydrogens (tertiary/aromatic N) is 1. The molecular formula is C11H7NO2. The number of hydrogen-bond donors (Lipinski definition) is 0. The maximum Gasteiger partial charge on any atom is 0.179 e. The molecule has 1 aromatic carbocycles. The minimum absolute atomic E-state index is 0.209. The van der Waals surface area contributed by atoms with Gasteiger partial charge in [-0.05, 0) is 6.07 Å². The highest BCUT2D eigenvalue weighted by Crippen LogP contribution is 2.32. The van der Waals surface area contributed by atoms with Crippen molar-refractivity contribution in [1.82, 2.24) is 0 Å². The van der Waals surface area contributed by atoms with E-state index in [1.165, 1.54) is 6.92 Å². The molecule has 0 saturated carbocycles. The highest BCUT2D eigenvalue weighted by Gasteiger charge is 2.24. The zero-order chi connectivity index (χ0) is 10.1. The second-order valence-corrected chi connectivity index (χ2v) is 3.01. The number of hydrogen-bond acceptors (Lipinski definition) is 3. The van der Waals surface area contributed by atoms with Crippen molar-refractivity contribution in [2.75, 3.05) is 0 Å². The Kier molecular flexibility index (Phi) is 1.88. The number of fused-ring (bicyclic) bond motifs is 1. The van der Waals surface area contributed by atoms with Gasteiger partial charge in [0.2, 0.25) is 0 Å². The molecule has 1 aromatic rings. The van der Waals surface area contributed by atoms with E-state index in [4.69, 9.17) is 0 Å². The van der Waals surface area contributed by atoms with Gasteiger partial charge in [0.1, 0.15) is 11.7 Å². The van der Waals surface area contributed by atoms with Crippen molar-refractivity contribution in [3.8, 4) is 0 Å². The third-order valence-electron chi connectivity index (χ3n) is 2.08. The average molecular weight is 185 g/mol. The summed E-state index contributed by atoms with van der Waals surface area (Å²) in [5, 5.41) is 0. The molecule has 0 fully saturated rings. The van der Waals surface area contributed by atoms with Crippen LogP contribution in [-0.2, 0) is 9.59 Å². The molecule has 1 aliphatic rings. The third kappa shape index (κ3) is 1.11. The summed E-state index contributed by atoms with van der Waals surface area (Å²) in [7, 11) is 0. The van der Waals surface area contributed by atoms with Crippen molar-refractivity contribution in [2.24, 2.45) is 4.99 Å². The van der Waals surface area contributed by atoms with Crippen LogP contribution in [-0.4, -0.2) is 17.4 Å². The molecule has 3 nitrogen and oxygen atoms in total. The van der Waals surface area contributed by atoms with Crippen LogP contribution < -0.4 is 0 Å². The van der Waals surface area contributed by atoms with Gasteiger partial charge in [-0.2, -0.15) is 0 Å². The Hall–Kier alpha value is -1.99. The van der Waals surface area contributed by atoms with Crippen molar-refractivity contribution in [3.05, 3.63) is 29.8 Å². The average Bonchev–Trinajstić information content (AvgIpc) is 2.56. The van der Waals surface area contributed by atoms with E-state index in [1.807, 2.05) is 6.07 Å². The fourth-order valence-corrected chi connectivity index (χ4v) is 1.44. The molecule has 0 radical (unpaired) electrons. The fraction of sp³-hybridized carbons (Fsp3) is 0.0909. The predicted molar refractivity (Wildman–Crippen MR) is 53.3 cm³/mol. The Labute approximate surface area is 80.8 Å². The smallest absolute Gasteiger partial charge is 0.179 e. The molecule has 0 N–H and O–H groups in total. The molecule has 0 bridgehead atoms. The van der Waals surface area contributed by atoms with E-state index < -0.39 is 0 Å². The van der Waals surface area contributed by atoms with Crippen molar-refractivity contribution in [1.29, 1.82) is 0 Å². The number of rotatable bonds is 1. The molecule has 0 atom stereocenters. The molecule has 0 amide bonds. The zero-order valence-corrected chi connectivity index (χ0v) is 7.57. The molecular weight excluding hydrogens is 178 g/mol. The Balaban J connectivity index is 2.67. The van der Waals surface area contributed by atoms with Crippen molar-refractivity contribution >= 4 is 28.7 Å². The number of allylic oxidation sites excluding steroid dienone is 1. The van der Waals surface area contributed by atoms with Crippen LogP contribution in [0.25, 0.3) is 5.57 Å². The Morgan fingerprint density at radius 2 is 2.07 bits per heavy atom. The van der Waals surface area contributed by atoms with Gasteiger partial charge in [-0.1, -0.05) is 18.2 Å². The number of para-hydroxylation sites is 1. The van der Waals surface area contributed by atoms with Crippen molar-refractivity contribution < 1.29 is 9.59 Å². The number of aliphatic imine (C=N–C) groups is 1. The summed E-state index contributed by atoms with van der Waals surface area (Å²) in [6.07, 6.45) is 0. The molecule has 0 unspecified atom stereocenters. The van der Waals surface area contributed by atoms with Crippen molar-refractivity contribution in [2.45, 2.75) is 6.92 Å². The highest BCUT2D eigenvalue weighted by molar-refractivity contribution is 6.60. The molecule has 1 heterocycles. The van der Waals surface area contributed by atoms with Gasteiger partial charge in [0.05, 0.1) is 11.3 Å². The molecule has 0 aromatic heterocycles. The van der Waals surface area contributed by atoms with Gasteiger partial charge in [0.15, 0.2) is 5.78 Å². The summed E-state index contributed by atoms with van der Waals surface area (Å²) < 4.78 is 0. The molecule has 2 rings (SSSR count). The van der Waals surface area contributed by atoms with Crippen LogP contribution in [0, 0.1) is 0 Å². The third-order valence-corrected chi connectivity index (χ3v) is 2.08. The van der Waals surface area contributed by atoms with Crippen LogP contribution in [0.1, 0.15) is 12.5 Å². The van der Waals surface area contributed by atoms with Crippen LogP contribution in [0.4, 0.5) is 5.69 Å². The van der Waals surface area contributed by atoms with Crippen LogP contribution in [0.15, 0.2) is 29.3 Å². The molecule has 68 valence electrons. The minimum Gasteiger partial charge on any atom is -0.293 e. The second kappa shape index (κ2) is 3.05. The lowest BCUT2D eigenvalue weighted by molar-refractivity contribution is -0.110. The van der Waals surface area contributed by atoms with Gasteiger partial charge in [0, 0.05) is 12.5 Å². The number of carbonyl (C=O) groups is 1. The van der Waals surface area contributed by atoms with E-state index >= 15 is 0 Å². The van der Waals surface area contributed by atoms with Gasteiger partial charge < -0.3 is 0 Å². The van der Waals surface area contributed by atoms with E-state index in [9.17, 15) is 9.59 Å². The summed E-state index contributed by atoms with van der Waals surface area (Å²) >= 11 is 0. The monoisotopic (exact) mass is 185 g/mol. The molecule has 0 aliphatic carbocycles. The molecule has 0 saturated heterocycles. The number of carbonyl (C=O) groups excluding carboxylic acids is 2. The predicted octanol–water partition coefficient (Wildman–Crippen LogP) is 1.58. The summed E-state index contributed by atoms with van der Waals surface area (Å²) in [4.78, 5) is 25.9. The SMILES string of the molecule is CC(=O)C1=Nc2ccccc2C1=C=O. The second-order valence-electron chi connectivity index (χ2n) is 3.01. The lowest BCUT2D eigenvalue weighted by Crippen LogP contribution is -2.08. The van der Waals surface area contributed by atoms with E-state index in [1.54, 1.807) is 24.1 Å². The van der Waals surface area contributed by atoms with E-state index in [-0.39, 0.29) is 17.1 Å². The first kappa shape index (κ1) is 8.60. The minimum atomic E-state index is -0.209. The van der Waals surface area contributed by atoms with Crippen LogP contribution in [0.5, 0.6) is 0 Å². The number of ketones is 1. The van der Waals surface area contributed by atoms with Gasteiger partial charge in [-0.15, -0.1) is 0 Å². The summed E-state index contributed by atoms with van der Waals surface area (Å²) in [6.45, 7) is 1.39. The Morgan fingerprint density at radius 3 is 2.71 bits per heavy atom. The molecule has 3 heteroatoms. The first-order valence-corrected chi connectivity index (χ1v) is 4.18. The van der Waals surface area contributed by atoms with Crippen LogP contribution in [0.3, 0.4) is 0 Å². The standard InChI is InChI=1S/C11H7NO2/c1-7(14)11-9(6-13)8-4-2-3-5-10(8)12-11/h2-5H,1H3. The maximum absolute atomic E-state index is 11.2. The van der Waals surface area contributed by atoms with Crippen LogP contribution >= 0.6 is 0 Å². The summed E-state index contributed by atoms with van der Waals surface area (Å²) in [5.41, 5.74) is 1.83. The summed E-state index contributed by atoms with van der Waals surface area (Å²) in [6, 6.07) is 7.14. The molecule has 1 aliphatic heterocycles. The maximum atomic E-state index is 11.2. The Morgan fingerprint density at radius 1 is 1.36 bits per heavy atom. The zero-order valence-electron chi connectivity index (χ0n) is 7.57. The molecule has 14 heavy (non-hydrogen) atoms. The van der Waals surface area contributed by atoms with Gasteiger partial charge in [-0.3, -0.25) is 4.79 Å². The van der Waals surface area contributed by atoms with E-state index in [2.05, 4.69) is 4.99 Å². The lowest BCUT2D eigenvalue weighted by atomic mass is 10.0. The van der Waals surface area contributed by atoms with Crippen LogP contribution in [0.2, 0.25) is 0 Å². The van der Waals surface area contributed by atoms with Crippen molar-refractivity contribution in [3.63, 3.8) is 0 Å². The van der Waals surface area contributed by atoms with Gasteiger partial charge in [-0.25, -0.2) is 9.79 Å². The van der Waals surface area contributed by atoms with E-state index in [0.717, 1.165) is 0 Å². The first-order chi connectivity index (χ1) is 6.74.